The van der Waals surface area contributed by atoms with Crippen LogP contribution in [0.25, 0.3) is 0 Å². The van der Waals surface area contributed by atoms with Gasteiger partial charge in [-0.25, -0.2) is 4.79 Å². The van der Waals surface area contributed by atoms with Crippen molar-refractivity contribution < 1.29 is 18.0 Å². The number of carbonyl (C=O) groups is 1. The molecule has 3 nitrogen and oxygen atoms in total. The maximum Gasteiger partial charge on any atom is 0.416 e. The number of halogens is 4. The number of urea groups is 1. The lowest BCUT2D eigenvalue weighted by atomic mass is 10.1. The first-order valence-corrected chi connectivity index (χ1v) is 11.2. The third-order valence-electron chi connectivity index (χ3n) is 6.04. The van der Waals surface area contributed by atoms with Crippen LogP contribution < -0.4 is 9.80 Å². The highest BCUT2D eigenvalue weighted by molar-refractivity contribution is 6.30. The van der Waals surface area contributed by atoms with E-state index in [2.05, 4.69) is 19.1 Å². The zero-order valence-corrected chi connectivity index (χ0v) is 18.9. The van der Waals surface area contributed by atoms with Crippen molar-refractivity contribution in [1.29, 1.82) is 0 Å². The molecule has 2 atom stereocenters. The van der Waals surface area contributed by atoms with Gasteiger partial charge in [0.15, 0.2) is 0 Å². The van der Waals surface area contributed by atoms with Gasteiger partial charge in [0.1, 0.15) is 0 Å². The van der Waals surface area contributed by atoms with E-state index in [1.165, 1.54) is 17.7 Å². The Morgan fingerprint density at radius 1 is 0.788 bits per heavy atom. The minimum Gasteiger partial charge on any atom is -0.289 e. The molecule has 1 aliphatic heterocycles. The first-order valence-electron chi connectivity index (χ1n) is 10.8. The number of nitrogens with zero attached hydrogens (tertiary/aromatic N) is 2. The number of rotatable bonds is 2. The van der Waals surface area contributed by atoms with Crippen LogP contribution in [0, 0.1) is 6.92 Å². The number of fused-ring (bicyclic) bond motifs is 1. The quantitative estimate of drug-likeness (QED) is 0.374. The van der Waals surface area contributed by atoms with Gasteiger partial charge in [0.2, 0.25) is 0 Å². The molecule has 2 fully saturated rings. The predicted molar refractivity (Wildman–Crippen MR) is 126 cm³/mol. The average Bonchev–Trinajstić information content (AvgIpc) is 3.36. The van der Waals surface area contributed by atoms with Crippen LogP contribution in [0.4, 0.5) is 29.3 Å². The van der Waals surface area contributed by atoms with Gasteiger partial charge in [0.25, 0.3) is 0 Å². The van der Waals surface area contributed by atoms with Crippen LogP contribution in [0.15, 0.2) is 78.9 Å². The summed E-state index contributed by atoms with van der Waals surface area (Å²) in [6.45, 7) is 2.06. The molecule has 7 heteroatoms. The lowest BCUT2D eigenvalue weighted by Gasteiger charge is -2.22. The van der Waals surface area contributed by atoms with Gasteiger partial charge in [0.05, 0.1) is 17.6 Å². The zero-order valence-electron chi connectivity index (χ0n) is 18.1. The summed E-state index contributed by atoms with van der Waals surface area (Å²) < 4.78 is 35.4. The van der Waals surface area contributed by atoms with E-state index in [-0.39, 0.29) is 18.1 Å². The summed E-state index contributed by atoms with van der Waals surface area (Å²) in [7, 11) is 0. The van der Waals surface area contributed by atoms with Crippen LogP contribution in [0.1, 0.15) is 30.4 Å². The van der Waals surface area contributed by atoms with Crippen LogP contribution in [-0.4, -0.2) is 18.1 Å². The summed E-state index contributed by atoms with van der Waals surface area (Å²) in [4.78, 5) is 17.0. The van der Waals surface area contributed by atoms with Gasteiger partial charge >= 0.3 is 12.2 Å². The van der Waals surface area contributed by atoms with Crippen molar-refractivity contribution in [3.05, 3.63) is 95.0 Å². The van der Waals surface area contributed by atoms with Crippen LogP contribution in [0.3, 0.4) is 0 Å². The summed E-state index contributed by atoms with van der Waals surface area (Å²) in [5.74, 6) is 0. The van der Waals surface area contributed by atoms with Crippen LogP contribution in [0.2, 0.25) is 5.02 Å². The second-order valence-corrected chi connectivity index (χ2v) is 8.70. The molecule has 5 rings (SSSR count). The van der Waals surface area contributed by atoms with Crippen molar-refractivity contribution in [2.45, 2.75) is 44.4 Å². The Kier molecular flexibility index (Phi) is 6.66. The fourth-order valence-corrected chi connectivity index (χ4v) is 4.59. The van der Waals surface area contributed by atoms with Gasteiger partial charge in [0, 0.05) is 16.4 Å². The number of benzene rings is 3. The van der Waals surface area contributed by atoms with E-state index < -0.39 is 11.7 Å². The Bertz CT molecular complexity index is 1020. The molecule has 3 aromatic carbocycles. The van der Waals surface area contributed by atoms with Crippen molar-refractivity contribution in [3.8, 4) is 0 Å². The molecular formula is C26H24ClF3N2O. The van der Waals surface area contributed by atoms with Gasteiger partial charge < -0.3 is 0 Å². The molecule has 1 heterocycles. The Morgan fingerprint density at radius 2 is 1.27 bits per heavy atom. The number of aryl methyl sites for hydroxylation is 1. The number of hydrogen-bond acceptors (Lipinski definition) is 1. The summed E-state index contributed by atoms with van der Waals surface area (Å²) in [5, 5.41) is 0.693. The third kappa shape index (κ3) is 5.01. The van der Waals surface area contributed by atoms with Gasteiger partial charge in [-0.05, 0) is 62.6 Å². The van der Waals surface area contributed by atoms with Gasteiger partial charge in [-0.15, -0.1) is 0 Å². The Morgan fingerprint density at radius 3 is 1.73 bits per heavy atom. The average molecular weight is 473 g/mol. The van der Waals surface area contributed by atoms with Gasteiger partial charge in [-0.3, -0.25) is 9.80 Å². The predicted octanol–water partition coefficient (Wildman–Crippen LogP) is 7.72. The van der Waals surface area contributed by atoms with E-state index in [4.69, 9.17) is 11.6 Å². The topological polar surface area (TPSA) is 23.6 Å². The van der Waals surface area contributed by atoms with Crippen molar-refractivity contribution in [3.63, 3.8) is 0 Å². The number of alkyl halides is 3. The smallest absolute Gasteiger partial charge is 0.289 e. The summed E-state index contributed by atoms with van der Waals surface area (Å²) in [6, 6.07) is 22.8. The SMILES string of the molecule is Cc1ccc(N2C(=O)N(c3ccc(Cl)cc3)C3CCCC32)cc1.FC(F)(F)c1ccccc1. The molecule has 2 aliphatic rings. The van der Waals surface area contributed by atoms with Gasteiger partial charge in [-0.2, -0.15) is 13.2 Å². The van der Waals surface area contributed by atoms with Gasteiger partial charge in [-0.1, -0.05) is 59.6 Å². The number of carbonyl (C=O) groups excluding carboxylic acids is 1. The molecule has 3 aromatic rings. The van der Waals surface area contributed by atoms with E-state index in [1.54, 1.807) is 6.07 Å². The molecule has 0 aromatic heterocycles. The minimum atomic E-state index is -4.21. The Labute approximate surface area is 196 Å². The highest BCUT2D eigenvalue weighted by Crippen LogP contribution is 2.41. The number of hydrogen-bond donors (Lipinski definition) is 0. The maximum atomic E-state index is 13.1. The second kappa shape index (κ2) is 9.48. The Balaban J connectivity index is 0.000000219. The minimum absolute atomic E-state index is 0.0749. The summed E-state index contributed by atoms with van der Waals surface area (Å²) in [5.41, 5.74) is 2.54. The van der Waals surface area contributed by atoms with E-state index in [0.29, 0.717) is 5.02 Å². The molecular weight excluding hydrogens is 449 g/mol. The maximum absolute atomic E-state index is 13.1. The lowest BCUT2D eigenvalue weighted by Crippen LogP contribution is -2.35. The molecule has 0 N–H and O–H groups in total. The zero-order chi connectivity index (χ0) is 23.6. The van der Waals surface area contributed by atoms with Crippen molar-refractivity contribution >= 4 is 29.0 Å². The third-order valence-corrected chi connectivity index (χ3v) is 6.29. The molecule has 2 unspecified atom stereocenters. The first-order chi connectivity index (χ1) is 15.8. The van der Waals surface area contributed by atoms with E-state index in [9.17, 15) is 18.0 Å². The van der Waals surface area contributed by atoms with Crippen LogP contribution in [0.5, 0.6) is 0 Å². The van der Waals surface area contributed by atoms with Crippen molar-refractivity contribution in [2.75, 3.05) is 9.80 Å². The molecule has 33 heavy (non-hydrogen) atoms. The molecule has 0 radical (unpaired) electrons. The monoisotopic (exact) mass is 472 g/mol. The fourth-order valence-electron chi connectivity index (χ4n) is 4.46. The number of anilines is 2. The van der Waals surface area contributed by atoms with E-state index >= 15 is 0 Å². The van der Waals surface area contributed by atoms with Crippen molar-refractivity contribution in [2.24, 2.45) is 0 Å². The summed E-state index contributed by atoms with van der Waals surface area (Å²) >= 11 is 5.99. The molecule has 1 saturated carbocycles. The largest absolute Gasteiger partial charge is 0.416 e. The highest BCUT2D eigenvalue weighted by atomic mass is 35.5. The Hall–Kier alpha value is -2.99. The number of amides is 2. The molecule has 0 bridgehead atoms. The first kappa shape index (κ1) is 23.2. The highest BCUT2D eigenvalue weighted by Gasteiger charge is 2.49. The molecule has 1 saturated heterocycles. The molecule has 2 amide bonds. The fraction of sp³-hybridized carbons (Fsp3) is 0.269. The molecule has 0 spiro atoms. The standard InChI is InChI=1S/C19H19ClN2O.C7H5F3/c1-13-5-9-15(10-6-13)21-17-3-2-4-18(17)22(19(21)23)16-11-7-14(20)8-12-16;8-7(9,10)6-4-2-1-3-5-6/h5-12,17-18H,2-4H2,1H3;1-5H. The molecule has 1 aliphatic carbocycles. The lowest BCUT2D eigenvalue weighted by molar-refractivity contribution is -0.137. The van der Waals surface area contributed by atoms with Crippen molar-refractivity contribution in [1.82, 2.24) is 0 Å². The summed E-state index contributed by atoms with van der Waals surface area (Å²) in [6.07, 6.45) is -0.925. The van der Waals surface area contributed by atoms with Crippen LogP contribution in [-0.2, 0) is 6.18 Å². The second-order valence-electron chi connectivity index (χ2n) is 8.26. The van der Waals surface area contributed by atoms with E-state index in [1.807, 2.05) is 46.2 Å². The molecule has 172 valence electrons. The van der Waals surface area contributed by atoms with E-state index in [0.717, 1.165) is 42.8 Å². The normalized spacial score (nSPS) is 19.8. The van der Waals surface area contributed by atoms with Crippen LogP contribution >= 0.6 is 11.6 Å².